The third kappa shape index (κ3) is 1.20. The minimum atomic E-state index is -1.39. The molecule has 78 valence electrons. The van der Waals surface area contributed by atoms with Crippen LogP contribution < -0.4 is 11.2 Å². The number of thiophene rings is 1. The first-order chi connectivity index (χ1) is 7.04. The van der Waals surface area contributed by atoms with E-state index in [1.165, 1.54) is 13.1 Å². The number of hydrogen-bond acceptors (Lipinski definition) is 4. The molecule has 2 heterocycles. The van der Waals surface area contributed by atoms with Gasteiger partial charge in [-0.1, -0.05) is 0 Å². The summed E-state index contributed by atoms with van der Waals surface area (Å²) in [6, 6.07) is 1.50. The zero-order chi connectivity index (χ0) is 11.2. The summed E-state index contributed by atoms with van der Waals surface area (Å²) in [5, 5.41) is 10.7. The van der Waals surface area contributed by atoms with Gasteiger partial charge in [-0.15, -0.1) is 11.3 Å². The molecule has 0 saturated heterocycles. The average Bonchev–Trinajstić information content (AvgIpc) is 2.62. The fourth-order valence-corrected chi connectivity index (χ4v) is 2.19. The van der Waals surface area contributed by atoms with Gasteiger partial charge < -0.3 is 5.11 Å². The van der Waals surface area contributed by atoms with E-state index in [1.807, 2.05) is 0 Å². The van der Waals surface area contributed by atoms with E-state index in [0.717, 1.165) is 15.9 Å². The summed E-state index contributed by atoms with van der Waals surface area (Å²) >= 11 is 1.05. The first-order valence-electron chi connectivity index (χ1n) is 3.96. The smallest absolute Gasteiger partial charge is 0.420 e. The van der Waals surface area contributed by atoms with Gasteiger partial charge in [0.15, 0.2) is 0 Å². The van der Waals surface area contributed by atoms with Gasteiger partial charge in [-0.05, 0) is 11.4 Å². The molecule has 2 aromatic rings. The van der Waals surface area contributed by atoms with Crippen LogP contribution in [0.15, 0.2) is 21.0 Å². The van der Waals surface area contributed by atoms with E-state index >= 15 is 0 Å². The van der Waals surface area contributed by atoms with Gasteiger partial charge >= 0.3 is 11.8 Å². The van der Waals surface area contributed by atoms with Crippen LogP contribution >= 0.6 is 11.3 Å². The molecule has 15 heavy (non-hydrogen) atoms. The highest BCUT2D eigenvalue weighted by Gasteiger charge is 2.15. The summed E-state index contributed by atoms with van der Waals surface area (Å²) in [5.41, 5.74) is -1.32. The lowest BCUT2D eigenvalue weighted by Crippen LogP contribution is -2.39. The summed E-state index contributed by atoms with van der Waals surface area (Å²) in [7, 11) is 1.25. The normalized spacial score (nSPS) is 10.7. The highest BCUT2D eigenvalue weighted by Crippen LogP contribution is 2.14. The Balaban J connectivity index is 3.15. The molecule has 0 radical (unpaired) electrons. The van der Waals surface area contributed by atoms with Crippen LogP contribution in [-0.4, -0.2) is 20.3 Å². The van der Waals surface area contributed by atoms with Crippen molar-refractivity contribution in [2.24, 2.45) is 7.05 Å². The summed E-state index contributed by atoms with van der Waals surface area (Å²) in [4.78, 5) is 34.1. The van der Waals surface area contributed by atoms with Crippen LogP contribution in [0.2, 0.25) is 0 Å². The minimum Gasteiger partial charge on any atom is -0.464 e. The molecule has 6 nitrogen and oxygen atoms in total. The number of hydrogen-bond donors (Lipinski definition) is 1. The fourth-order valence-electron chi connectivity index (χ4n) is 1.31. The Labute approximate surface area is 86.6 Å². The van der Waals surface area contributed by atoms with Crippen molar-refractivity contribution in [3.8, 4) is 0 Å². The third-order valence-corrected chi connectivity index (χ3v) is 2.95. The van der Waals surface area contributed by atoms with Crippen molar-refractivity contribution in [3.05, 3.63) is 32.3 Å². The second-order valence-electron chi connectivity index (χ2n) is 2.90. The molecule has 7 heteroatoms. The van der Waals surface area contributed by atoms with E-state index < -0.39 is 17.3 Å². The molecule has 0 atom stereocenters. The van der Waals surface area contributed by atoms with Gasteiger partial charge in [0.25, 0.3) is 5.56 Å². The first kappa shape index (κ1) is 9.66. The van der Waals surface area contributed by atoms with Crippen molar-refractivity contribution in [2.75, 3.05) is 0 Å². The predicted molar refractivity (Wildman–Crippen MR) is 54.7 cm³/mol. The number of carboxylic acid groups (broad SMARTS) is 1. The van der Waals surface area contributed by atoms with Crippen LogP contribution in [0.25, 0.3) is 10.2 Å². The molecule has 0 spiro atoms. The Morgan fingerprint density at radius 1 is 1.47 bits per heavy atom. The van der Waals surface area contributed by atoms with Crippen molar-refractivity contribution in [2.45, 2.75) is 0 Å². The molecular formula is C8H6N2O4S. The Hall–Kier alpha value is -1.89. The Morgan fingerprint density at radius 3 is 2.73 bits per heavy atom. The highest BCUT2D eigenvalue weighted by molar-refractivity contribution is 7.16. The maximum absolute atomic E-state index is 11.5. The van der Waals surface area contributed by atoms with E-state index in [9.17, 15) is 14.4 Å². The molecule has 0 aliphatic rings. The van der Waals surface area contributed by atoms with Crippen LogP contribution in [0.3, 0.4) is 0 Å². The van der Waals surface area contributed by atoms with E-state index in [1.54, 1.807) is 5.38 Å². The second-order valence-corrected chi connectivity index (χ2v) is 3.80. The maximum atomic E-state index is 11.5. The Kier molecular flexibility index (Phi) is 1.97. The summed E-state index contributed by atoms with van der Waals surface area (Å²) in [5.74, 6) is 0. The third-order valence-electron chi connectivity index (χ3n) is 2.05. The molecule has 0 aliphatic heterocycles. The Bertz CT molecular complexity index is 663. The van der Waals surface area contributed by atoms with Crippen molar-refractivity contribution < 1.29 is 9.90 Å². The number of rotatable bonds is 0. The second kappa shape index (κ2) is 3.06. The molecule has 0 saturated carbocycles. The minimum absolute atomic E-state index is 0.163. The van der Waals surface area contributed by atoms with Gasteiger partial charge in [-0.25, -0.2) is 9.59 Å². The zero-order valence-electron chi connectivity index (χ0n) is 7.63. The van der Waals surface area contributed by atoms with Gasteiger partial charge in [0, 0.05) is 7.05 Å². The van der Waals surface area contributed by atoms with Gasteiger partial charge in [0.2, 0.25) is 0 Å². The quantitative estimate of drug-likeness (QED) is 0.699. The van der Waals surface area contributed by atoms with E-state index in [4.69, 9.17) is 5.11 Å². The van der Waals surface area contributed by atoms with Gasteiger partial charge in [-0.2, -0.15) is 4.57 Å². The number of nitrogens with zero attached hydrogens (tertiary/aromatic N) is 2. The molecule has 0 unspecified atom stereocenters. The van der Waals surface area contributed by atoms with E-state index in [0.29, 0.717) is 4.57 Å². The molecule has 0 aromatic carbocycles. The monoisotopic (exact) mass is 226 g/mol. The van der Waals surface area contributed by atoms with Gasteiger partial charge in [0.05, 0.1) is 5.39 Å². The fraction of sp³-hybridized carbons (Fsp3) is 0.125. The maximum Gasteiger partial charge on any atom is 0.420 e. The van der Waals surface area contributed by atoms with Crippen LogP contribution in [-0.2, 0) is 7.05 Å². The number of fused-ring (bicyclic) bond motifs is 1. The lowest BCUT2D eigenvalue weighted by atomic mass is 10.4. The average molecular weight is 226 g/mol. The van der Waals surface area contributed by atoms with Crippen LogP contribution in [0.4, 0.5) is 4.79 Å². The number of carbonyl (C=O) groups is 1. The van der Waals surface area contributed by atoms with Crippen molar-refractivity contribution in [3.63, 3.8) is 0 Å². The van der Waals surface area contributed by atoms with Crippen molar-refractivity contribution in [1.82, 2.24) is 9.13 Å². The van der Waals surface area contributed by atoms with Gasteiger partial charge in [0.1, 0.15) is 4.83 Å². The molecule has 2 aromatic heterocycles. The summed E-state index contributed by atoms with van der Waals surface area (Å²) in [6.45, 7) is 0. The SMILES string of the molecule is Cn1c(=O)c2ccsc2n(C(=O)O)c1=O. The highest BCUT2D eigenvalue weighted by atomic mass is 32.1. The molecule has 0 bridgehead atoms. The zero-order valence-corrected chi connectivity index (χ0v) is 8.45. The molecule has 2 rings (SSSR count). The largest absolute Gasteiger partial charge is 0.464 e. The first-order valence-corrected chi connectivity index (χ1v) is 4.84. The van der Waals surface area contributed by atoms with E-state index in [-0.39, 0.29) is 10.2 Å². The summed E-state index contributed by atoms with van der Waals surface area (Å²) in [6.07, 6.45) is -1.39. The topological polar surface area (TPSA) is 81.3 Å². The molecular weight excluding hydrogens is 220 g/mol. The standard InChI is InChI=1S/C8H6N2O4S/c1-9-5(11)4-2-3-15-6(4)10(7(9)12)8(13)14/h2-3H,1H3,(H,13,14). The lowest BCUT2D eigenvalue weighted by Gasteiger charge is -2.02. The lowest BCUT2D eigenvalue weighted by molar-refractivity contribution is 0.196. The number of aromatic nitrogens is 2. The molecule has 0 amide bonds. The molecule has 0 aliphatic carbocycles. The van der Waals surface area contributed by atoms with Crippen molar-refractivity contribution >= 4 is 27.6 Å². The molecule has 0 fully saturated rings. The van der Waals surface area contributed by atoms with Crippen LogP contribution in [0.1, 0.15) is 0 Å². The van der Waals surface area contributed by atoms with E-state index in [2.05, 4.69) is 0 Å². The van der Waals surface area contributed by atoms with Crippen LogP contribution in [0.5, 0.6) is 0 Å². The molecule has 1 N–H and O–H groups in total. The van der Waals surface area contributed by atoms with Crippen molar-refractivity contribution in [1.29, 1.82) is 0 Å². The van der Waals surface area contributed by atoms with Gasteiger partial charge in [-0.3, -0.25) is 9.36 Å². The van der Waals surface area contributed by atoms with Crippen LogP contribution in [0, 0.1) is 0 Å². The Morgan fingerprint density at radius 2 is 2.13 bits per heavy atom. The summed E-state index contributed by atoms with van der Waals surface area (Å²) < 4.78 is 1.35. The predicted octanol–water partition coefficient (Wildman–Crippen LogP) is 0.288.